The van der Waals surface area contributed by atoms with Crippen molar-refractivity contribution in [2.45, 2.75) is 19.9 Å². The Hall–Kier alpha value is -1.57. The van der Waals surface area contributed by atoms with Gasteiger partial charge in [-0.2, -0.15) is 0 Å². The Balaban J connectivity index is 1.68. The molecule has 1 aliphatic rings. The van der Waals surface area contributed by atoms with Crippen LogP contribution in [-0.2, 0) is 16.4 Å². The number of nitrogens with one attached hydrogen (secondary N) is 2. The molecule has 0 aromatic carbocycles. The van der Waals surface area contributed by atoms with Gasteiger partial charge in [0.1, 0.15) is 11.5 Å². The fraction of sp³-hybridized carbons (Fsp3) is 0.636. The molecule has 2 heterocycles. The molecule has 0 saturated carbocycles. The third-order valence-electron chi connectivity index (χ3n) is 2.98. The summed E-state index contributed by atoms with van der Waals surface area (Å²) in [6.07, 6.45) is 0.616. The van der Waals surface area contributed by atoms with Crippen LogP contribution in [0.5, 0.6) is 0 Å². The Bertz CT molecular complexity index is 552. The van der Waals surface area contributed by atoms with Crippen LogP contribution in [0, 0.1) is 12.8 Å². The third-order valence-corrected chi connectivity index (χ3v) is 4.82. The number of sulfone groups is 1. The number of hydrogen-bond acceptors (Lipinski definition) is 5. The number of hydrogen-bond donors (Lipinski definition) is 2. The molecule has 2 rings (SSSR count). The summed E-state index contributed by atoms with van der Waals surface area (Å²) in [7, 11) is -2.89. The first kappa shape index (κ1) is 13.9. The smallest absolute Gasteiger partial charge is 0.315 e. The van der Waals surface area contributed by atoms with E-state index in [1.165, 1.54) is 0 Å². The van der Waals surface area contributed by atoms with Crippen molar-refractivity contribution in [2.24, 2.45) is 5.92 Å². The predicted molar refractivity (Wildman–Crippen MR) is 68.2 cm³/mol. The molecule has 1 aromatic rings. The van der Waals surface area contributed by atoms with Crippen molar-refractivity contribution in [1.82, 2.24) is 15.8 Å². The monoisotopic (exact) mass is 287 g/mol. The molecule has 0 spiro atoms. The lowest BCUT2D eigenvalue weighted by Gasteiger charge is -2.10. The van der Waals surface area contributed by atoms with Gasteiger partial charge in [0.2, 0.25) is 0 Å². The van der Waals surface area contributed by atoms with Gasteiger partial charge in [0, 0.05) is 12.6 Å². The molecule has 1 fully saturated rings. The molecule has 1 aromatic heterocycles. The lowest BCUT2D eigenvalue weighted by atomic mass is 10.1. The summed E-state index contributed by atoms with van der Waals surface area (Å²) in [5.74, 6) is 1.09. The van der Waals surface area contributed by atoms with E-state index in [0.29, 0.717) is 24.4 Å². The van der Waals surface area contributed by atoms with Gasteiger partial charge in [0.15, 0.2) is 9.84 Å². The SMILES string of the molecule is Cc1cc(CNC(=O)NC[C@H]2CCS(=O)(=O)C2)no1. The number of rotatable bonds is 4. The number of urea groups is 1. The molecule has 8 heteroatoms. The number of aryl methyl sites for hydroxylation is 1. The van der Waals surface area contributed by atoms with E-state index in [9.17, 15) is 13.2 Å². The molecule has 0 unspecified atom stereocenters. The number of carbonyl (C=O) groups is 1. The highest BCUT2D eigenvalue weighted by Crippen LogP contribution is 2.17. The number of aromatic nitrogens is 1. The maximum absolute atomic E-state index is 11.5. The van der Waals surface area contributed by atoms with Crippen molar-refractivity contribution in [3.8, 4) is 0 Å². The molecule has 1 atom stereocenters. The van der Waals surface area contributed by atoms with Gasteiger partial charge >= 0.3 is 6.03 Å². The normalized spacial score (nSPS) is 21.2. The number of carbonyl (C=O) groups excluding carboxylic acids is 1. The van der Waals surface area contributed by atoms with Crippen LogP contribution in [0.3, 0.4) is 0 Å². The van der Waals surface area contributed by atoms with Gasteiger partial charge in [-0.15, -0.1) is 0 Å². The fourth-order valence-electron chi connectivity index (χ4n) is 2.00. The molecule has 7 nitrogen and oxygen atoms in total. The van der Waals surface area contributed by atoms with E-state index in [1.54, 1.807) is 13.0 Å². The predicted octanol–water partition coefficient (Wildman–Crippen LogP) is 0.217. The van der Waals surface area contributed by atoms with Gasteiger partial charge in [-0.05, 0) is 19.3 Å². The maximum atomic E-state index is 11.5. The Morgan fingerprint density at radius 3 is 2.89 bits per heavy atom. The van der Waals surface area contributed by atoms with Gasteiger partial charge in [0.25, 0.3) is 0 Å². The first-order valence-corrected chi connectivity index (χ1v) is 7.91. The molecule has 1 saturated heterocycles. The highest BCUT2D eigenvalue weighted by molar-refractivity contribution is 7.91. The summed E-state index contributed by atoms with van der Waals surface area (Å²) >= 11 is 0. The van der Waals surface area contributed by atoms with E-state index < -0.39 is 9.84 Å². The third kappa shape index (κ3) is 4.23. The average molecular weight is 287 g/mol. The zero-order valence-electron chi connectivity index (χ0n) is 10.7. The van der Waals surface area contributed by atoms with Gasteiger partial charge in [-0.1, -0.05) is 5.16 Å². The molecule has 0 bridgehead atoms. The first-order chi connectivity index (χ1) is 8.94. The summed E-state index contributed by atoms with van der Waals surface area (Å²) in [5.41, 5.74) is 0.649. The van der Waals surface area contributed by atoms with Gasteiger partial charge in [-0.25, -0.2) is 13.2 Å². The second-order valence-electron chi connectivity index (χ2n) is 4.76. The zero-order valence-corrected chi connectivity index (χ0v) is 11.5. The molecule has 0 aliphatic carbocycles. The van der Waals surface area contributed by atoms with E-state index in [1.807, 2.05) is 0 Å². The summed E-state index contributed by atoms with van der Waals surface area (Å²) in [6, 6.07) is 1.41. The summed E-state index contributed by atoms with van der Waals surface area (Å²) in [5, 5.41) is 9.05. The van der Waals surface area contributed by atoms with Gasteiger partial charge < -0.3 is 15.2 Å². The van der Waals surface area contributed by atoms with Crippen molar-refractivity contribution in [1.29, 1.82) is 0 Å². The highest BCUT2D eigenvalue weighted by Gasteiger charge is 2.27. The van der Waals surface area contributed by atoms with Crippen LogP contribution in [0.1, 0.15) is 17.9 Å². The zero-order chi connectivity index (χ0) is 13.9. The average Bonchev–Trinajstić information content (AvgIpc) is 2.90. The van der Waals surface area contributed by atoms with E-state index in [0.717, 1.165) is 0 Å². The van der Waals surface area contributed by atoms with Crippen LogP contribution in [-0.4, -0.2) is 37.7 Å². The number of amides is 2. The van der Waals surface area contributed by atoms with Crippen molar-refractivity contribution in [3.05, 3.63) is 17.5 Å². The molecule has 2 N–H and O–H groups in total. The van der Waals surface area contributed by atoms with Crippen LogP contribution in [0.4, 0.5) is 4.79 Å². The van der Waals surface area contributed by atoms with Crippen LogP contribution in [0.15, 0.2) is 10.6 Å². The Labute approximate surface area is 111 Å². The van der Waals surface area contributed by atoms with E-state index in [4.69, 9.17) is 4.52 Å². The molecule has 0 radical (unpaired) electrons. The van der Waals surface area contributed by atoms with Gasteiger partial charge in [0.05, 0.1) is 18.1 Å². The van der Waals surface area contributed by atoms with Crippen LogP contribution >= 0.6 is 0 Å². The maximum Gasteiger partial charge on any atom is 0.315 e. The highest BCUT2D eigenvalue weighted by atomic mass is 32.2. The molecular formula is C11H17N3O4S. The summed E-state index contributed by atoms with van der Waals surface area (Å²) in [4.78, 5) is 11.5. The second-order valence-corrected chi connectivity index (χ2v) is 6.99. The fourth-order valence-corrected chi connectivity index (χ4v) is 3.87. The van der Waals surface area contributed by atoms with E-state index in [2.05, 4.69) is 15.8 Å². The van der Waals surface area contributed by atoms with Gasteiger partial charge in [-0.3, -0.25) is 0 Å². The van der Waals surface area contributed by atoms with Crippen LogP contribution in [0.2, 0.25) is 0 Å². The first-order valence-electron chi connectivity index (χ1n) is 6.09. The quantitative estimate of drug-likeness (QED) is 0.824. The minimum absolute atomic E-state index is 0.0186. The van der Waals surface area contributed by atoms with Crippen molar-refractivity contribution in [3.63, 3.8) is 0 Å². The second kappa shape index (κ2) is 5.60. The van der Waals surface area contributed by atoms with Crippen molar-refractivity contribution in [2.75, 3.05) is 18.1 Å². The Morgan fingerprint density at radius 1 is 1.53 bits per heavy atom. The lowest BCUT2D eigenvalue weighted by Crippen LogP contribution is -2.38. The van der Waals surface area contributed by atoms with E-state index in [-0.39, 0.29) is 30.0 Å². The van der Waals surface area contributed by atoms with Crippen molar-refractivity contribution < 1.29 is 17.7 Å². The van der Waals surface area contributed by atoms with Crippen molar-refractivity contribution >= 4 is 15.9 Å². The molecular weight excluding hydrogens is 270 g/mol. The van der Waals surface area contributed by atoms with Crippen LogP contribution < -0.4 is 10.6 Å². The molecule has 2 amide bonds. The Morgan fingerprint density at radius 2 is 2.32 bits per heavy atom. The minimum atomic E-state index is -2.89. The molecule has 106 valence electrons. The molecule has 1 aliphatic heterocycles. The minimum Gasteiger partial charge on any atom is -0.361 e. The molecule has 19 heavy (non-hydrogen) atoms. The van der Waals surface area contributed by atoms with E-state index >= 15 is 0 Å². The summed E-state index contributed by atoms with van der Waals surface area (Å²) < 4.78 is 27.4. The largest absolute Gasteiger partial charge is 0.361 e. The number of nitrogens with zero attached hydrogens (tertiary/aromatic N) is 1. The Kier molecular flexibility index (Phi) is 4.08. The standard InChI is InChI=1S/C11H17N3O4S/c1-8-4-10(14-18-8)6-13-11(15)12-5-9-2-3-19(16,17)7-9/h4,9H,2-3,5-7H2,1H3,(H2,12,13,15)/t9-/m1/s1. The van der Waals surface area contributed by atoms with Crippen LogP contribution in [0.25, 0.3) is 0 Å². The summed E-state index contributed by atoms with van der Waals surface area (Å²) in [6.45, 7) is 2.44. The topological polar surface area (TPSA) is 101 Å². The lowest BCUT2D eigenvalue weighted by molar-refractivity contribution is 0.238.